The molecule has 0 bridgehead atoms. The molecule has 0 spiro atoms. The summed E-state index contributed by atoms with van der Waals surface area (Å²) in [6.07, 6.45) is 8.81. The molecule has 0 atom stereocenters. The third-order valence-corrected chi connectivity index (χ3v) is 2.01. The minimum atomic E-state index is 0.391. The van der Waals surface area contributed by atoms with Crippen LogP contribution in [0.15, 0.2) is 4.99 Å². The predicted molar refractivity (Wildman–Crippen MR) is 50.7 cm³/mol. The van der Waals surface area contributed by atoms with E-state index in [1.165, 1.54) is 19.3 Å². The molecule has 1 heterocycles. The highest BCUT2D eigenvalue weighted by molar-refractivity contribution is 5.78. The number of hydrogen-bond acceptors (Lipinski definition) is 1. The largest absolute Gasteiger partial charge is 0.370 e. The van der Waals surface area contributed by atoms with Crippen LogP contribution in [-0.4, -0.2) is 30.5 Å². The van der Waals surface area contributed by atoms with Crippen molar-refractivity contribution < 1.29 is 0 Å². The molecule has 3 heteroatoms. The molecule has 3 nitrogen and oxygen atoms in total. The van der Waals surface area contributed by atoms with Crippen LogP contribution in [0.5, 0.6) is 0 Å². The van der Waals surface area contributed by atoms with Gasteiger partial charge in [-0.2, -0.15) is 0 Å². The number of rotatable bonds is 1. The maximum Gasteiger partial charge on any atom is 0.192 e. The van der Waals surface area contributed by atoms with Gasteiger partial charge in [-0.1, -0.05) is 5.92 Å². The number of piperidine rings is 1. The van der Waals surface area contributed by atoms with E-state index in [0.29, 0.717) is 12.5 Å². The van der Waals surface area contributed by atoms with Crippen LogP contribution in [0.25, 0.3) is 0 Å². The lowest BCUT2D eigenvalue weighted by atomic mass is 10.1. The number of likely N-dealkylation sites (tertiary alicyclic amines) is 1. The van der Waals surface area contributed by atoms with Gasteiger partial charge in [0.05, 0.1) is 0 Å². The van der Waals surface area contributed by atoms with Crippen LogP contribution in [0.2, 0.25) is 0 Å². The molecule has 0 aliphatic carbocycles. The average Bonchev–Trinajstić information content (AvgIpc) is 2.15. The van der Waals surface area contributed by atoms with Gasteiger partial charge in [-0.05, 0) is 19.3 Å². The van der Waals surface area contributed by atoms with E-state index in [0.717, 1.165) is 13.1 Å². The summed E-state index contributed by atoms with van der Waals surface area (Å²) >= 11 is 0. The second-order valence-electron chi connectivity index (χ2n) is 2.93. The van der Waals surface area contributed by atoms with Crippen LogP contribution in [0.3, 0.4) is 0 Å². The molecule has 1 rings (SSSR count). The second-order valence-corrected chi connectivity index (χ2v) is 2.93. The van der Waals surface area contributed by atoms with Crippen LogP contribution in [0.4, 0.5) is 0 Å². The molecular weight excluding hydrogens is 150 g/mol. The van der Waals surface area contributed by atoms with E-state index < -0.39 is 0 Å². The van der Waals surface area contributed by atoms with E-state index in [1.54, 1.807) is 0 Å². The van der Waals surface area contributed by atoms with Crippen molar-refractivity contribution in [1.29, 1.82) is 0 Å². The zero-order valence-corrected chi connectivity index (χ0v) is 7.29. The van der Waals surface area contributed by atoms with E-state index in [-0.39, 0.29) is 0 Å². The first-order chi connectivity index (χ1) is 5.84. The maximum absolute atomic E-state index is 5.71. The summed E-state index contributed by atoms with van der Waals surface area (Å²) in [6.45, 7) is 2.45. The maximum atomic E-state index is 5.71. The van der Waals surface area contributed by atoms with Crippen LogP contribution < -0.4 is 5.73 Å². The molecule has 66 valence electrons. The monoisotopic (exact) mass is 165 g/mol. The fraction of sp³-hybridized carbons (Fsp3) is 0.667. The quantitative estimate of drug-likeness (QED) is 0.347. The number of terminal acetylenes is 1. The van der Waals surface area contributed by atoms with Crippen LogP contribution in [-0.2, 0) is 0 Å². The molecule has 1 aliphatic rings. The van der Waals surface area contributed by atoms with Crippen LogP contribution in [0, 0.1) is 12.3 Å². The molecule has 1 aliphatic heterocycles. The molecule has 1 fully saturated rings. The highest BCUT2D eigenvalue weighted by Crippen LogP contribution is 2.07. The van der Waals surface area contributed by atoms with E-state index >= 15 is 0 Å². The lowest BCUT2D eigenvalue weighted by molar-refractivity contribution is 0.338. The Morgan fingerprint density at radius 2 is 2.08 bits per heavy atom. The Labute approximate surface area is 73.6 Å². The second kappa shape index (κ2) is 4.66. The van der Waals surface area contributed by atoms with Gasteiger partial charge in [-0.25, -0.2) is 4.99 Å². The Balaban J connectivity index is 2.39. The van der Waals surface area contributed by atoms with Gasteiger partial charge in [0.1, 0.15) is 6.54 Å². The SMILES string of the molecule is C#CCN=C(N)N1CCCCC1. The molecule has 0 amide bonds. The molecule has 0 aromatic carbocycles. The minimum absolute atomic E-state index is 0.391. The zero-order chi connectivity index (χ0) is 8.81. The molecule has 0 radical (unpaired) electrons. The number of nitrogens with two attached hydrogens (primary N) is 1. The lowest BCUT2D eigenvalue weighted by Gasteiger charge is -2.27. The highest BCUT2D eigenvalue weighted by Gasteiger charge is 2.10. The first-order valence-electron chi connectivity index (χ1n) is 4.33. The lowest BCUT2D eigenvalue weighted by Crippen LogP contribution is -2.40. The van der Waals surface area contributed by atoms with Crippen molar-refractivity contribution in [2.45, 2.75) is 19.3 Å². The smallest absolute Gasteiger partial charge is 0.192 e. The van der Waals surface area contributed by atoms with Gasteiger partial charge in [0.25, 0.3) is 0 Å². The Bertz CT molecular complexity index is 196. The first-order valence-corrected chi connectivity index (χ1v) is 4.33. The summed E-state index contributed by atoms with van der Waals surface area (Å²) < 4.78 is 0. The topological polar surface area (TPSA) is 41.6 Å². The number of guanidine groups is 1. The van der Waals surface area contributed by atoms with E-state index in [1.807, 2.05) is 0 Å². The van der Waals surface area contributed by atoms with Crippen molar-refractivity contribution in [3.63, 3.8) is 0 Å². The molecule has 0 aromatic rings. The Morgan fingerprint density at radius 1 is 1.42 bits per heavy atom. The molecule has 12 heavy (non-hydrogen) atoms. The van der Waals surface area contributed by atoms with Crippen molar-refractivity contribution in [3.8, 4) is 12.3 Å². The fourth-order valence-corrected chi connectivity index (χ4v) is 1.35. The zero-order valence-electron chi connectivity index (χ0n) is 7.29. The van der Waals surface area contributed by atoms with Crippen molar-refractivity contribution in [1.82, 2.24) is 4.90 Å². The highest BCUT2D eigenvalue weighted by atomic mass is 15.2. The van der Waals surface area contributed by atoms with E-state index in [4.69, 9.17) is 12.2 Å². The van der Waals surface area contributed by atoms with Gasteiger partial charge in [0.15, 0.2) is 5.96 Å². The molecular formula is C9H15N3. The van der Waals surface area contributed by atoms with Gasteiger partial charge >= 0.3 is 0 Å². The van der Waals surface area contributed by atoms with Crippen LogP contribution in [0.1, 0.15) is 19.3 Å². The number of nitrogens with zero attached hydrogens (tertiary/aromatic N) is 2. The van der Waals surface area contributed by atoms with Gasteiger partial charge in [0, 0.05) is 13.1 Å². The summed E-state index contributed by atoms with van der Waals surface area (Å²) in [5.41, 5.74) is 5.71. The minimum Gasteiger partial charge on any atom is -0.370 e. The van der Waals surface area contributed by atoms with Gasteiger partial charge in [-0.15, -0.1) is 6.42 Å². The summed E-state index contributed by atoms with van der Waals surface area (Å²) in [6, 6.07) is 0. The summed E-state index contributed by atoms with van der Waals surface area (Å²) in [5.74, 6) is 3.05. The molecule has 1 saturated heterocycles. The predicted octanol–water partition coefficient (Wildman–Crippen LogP) is 0.420. The Kier molecular flexibility index (Phi) is 3.46. The van der Waals surface area contributed by atoms with E-state index in [2.05, 4.69) is 15.8 Å². The Morgan fingerprint density at radius 3 is 2.67 bits per heavy atom. The van der Waals surface area contributed by atoms with Crippen molar-refractivity contribution >= 4 is 5.96 Å². The molecule has 0 unspecified atom stereocenters. The van der Waals surface area contributed by atoms with Gasteiger partial charge < -0.3 is 10.6 Å². The summed E-state index contributed by atoms with van der Waals surface area (Å²) in [4.78, 5) is 6.15. The summed E-state index contributed by atoms with van der Waals surface area (Å²) in [5, 5.41) is 0. The van der Waals surface area contributed by atoms with Gasteiger partial charge in [0.2, 0.25) is 0 Å². The number of hydrogen-bond donors (Lipinski definition) is 1. The normalized spacial score (nSPS) is 18.9. The van der Waals surface area contributed by atoms with Gasteiger partial charge in [-0.3, -0.25) is 0 Å². The first kappa shape index (κ1) is 8.92. The molecule has 0 saturated carbocycles. The standard InChI is InChI=1S/C9H15N3/c1-2-6-11-9(10)12-7-4-3-5-8-12/h1H,3-8H2,(H2,10,11). The molecule has 2 N–H and O–H groups in total. The van der Waals surface area contributed by atoms with Crippen molar-refractivity contribution in [2.75, 3.05) is 19.6 Å². The fourth-order valence-electron chi connectivity index (χ4n) is 1.35. The van der Waals surface area contributed by atoms with E-state index in [9.17, 15) is 0 Å². The van der Waals surface area contributed by atoms with Crippen molar-refractivity contribution in [3.05, 3.63) is 0 Å². The Hall–Kier alpha value is -1.17. The third-order valence-electron chi connectivity index (χ3n) is 2.01. The van der Waals surface area contributed by atoms with Crippen LogP contribution >= 0.6 is 0 Å². The molecule has 0 aromatic heterocycles. The van der Waals surface area contributed by atoms with Crippen molar-refractivity contribution in [2.24, 2.45) is 10.7 Å². The summed E-state index contributed by atoms with van der Waals surface area (Å²) in [7, 11) is 0. The number of aliphatic imine (C=N–C) groups is 1. The third kappa shape index (κ3) is 2.46. The average molecular weight is 165 g/mol.